The molecule has 2 nitrogen and oxygen atoms in total. The summed E-state index contributed by atoms with van der Waals surface area (Å²) < 4.78 is 4.87. The summed E-state index contributed by atoms with van der Waals surface area (Å²) in [6.45, 7) is 8.93. The van der Waals surface area contributed by atoms with E-state index >= 15 is 0 Å². The third-order valence-electron chi connectivity index (χ3n) is 10.5. The van der Waals surface area contributed by atoms with E-state index in [0.717, 1.165) is 5.69 Å². The molecule has 0 unspecified atom stereocenters. The number of hydrogen-bond donors (Lipinski definition) is 0. The van der Waals surface area contributed by atoms with Gasteiger partial charge in [0, 0.05) is 38.3 Å². The summed E-state index contributed by atoms with van der Waals surface area (Å²) in [5.74, 6) is 0. The summed E-state index contributed by atoms with van der Waals surface area (Å²) in [7, 11) is 0. The normalized spacial score (nSPS) is 12.1. The number of aryl methyl sites for hydroxylation is 2. The molecule has 0 atom stereocenters. The van der Waals surface area contributed by atoms with E-state index in [1.807, 2.05) is 0 Å². The van der Waals surface area contributed by atoms with Gasteiger partial charge in [-0.3, -0.25) is 0 Å². The van der Waals surface area contributed by atoms with Crippen LogP contribution < -0.4 is 0 Å². The lowest BCUT2D eigenvalue weighted by Gasteiger charge is -2.26. The van der Waals surface area contributed by atoms with E-state index in [-0.39, 0.29) is 5.41 Å². The maximum Gasteiger partial charge on any atom is 0.0548 e. The quantitative estimate of drug-likeness (QED) is 0.179. The van der Waals surface area contributed by atoms with Crippen LogP contribution in [0.25, 0.3) is 66.1 Å². The van der Waals surface area contributed by atoms with Gasteiger partial charge in [0.15, 0.2) is 0 Å². The number of para-hydroxylation sites is 2. The number of nitrogens with zero attached hydrogens (tertiary/aromatic N) is 2. The summed E-state index contributed by atoms with van der Waals surface area (Å²) in [4.78, 5) is 0. The van der Waals surface area contributed by atoms with Crippen molar-refractivity contribution in [2.75, 3.05) is 0 Å². The van der Waals surface area contributed by atoms with Crippen LogP contribution in [0.1, 0.15) is 36.1 Å². The fourth-order valence-electron chi connectivity index (χ4n) is 7.79. The zero-order chi connectivity index (χ0) is 33.3. The first-order valence-corrected chi connectivity index (χ1v) is 17.2. The van der Waals surface area contributed by atoms with E-state index in [2.05, 4.69) is 195 Å². The Morgan fingerprint density at radius 1 is 0.367 bits per heavy atom. The van der Waals surface area contributed by atoms with Crippen molar-refractivity contribution < 1.29 is 0 Å². The molecule has 0 saturated heterocycles. The van der Waals surface area contributed by atoms with E-state index < -0.39 is 0 Å². The van der Waals surface area contributed by atoms with Crippen molar-refractivity contribution in [1.82, 2.24) is 9.13 Å². The zero-order valence-corrected chi connectivity index (χ0v) is 28.4. The maximum atomic E-state index is 2.45. The lowest BCUT2D eigenvalue weighted by molar-refractivity contribution is 0.641. The van der Waals surface area contributed by atoms with E-state index in [1.165, 1.54) is 82.7 Å². The van der Waals surface area contributed by atoms with Crippen LogP contribution in [0.4, 0.5) is 0 Å². The van der Waals surface area contributed by atoms with Crippen LogP contribution in [0.2, 0.25) is 0 Å². The standard InChI is InChI=1S/C47H38N2/c1-31-19-23-35(24-20-31)47(3,4)36-25-21-33(22-26-36)34-12-10-14-38(28-34)49-44-18-8-6-16-40(44)42-29-45-41(30-46(42)49)39-15-5-7-17-43(39)48(45)37-13-9-11-32(2)27-37/h5-30H,1-4H3. The first-order chi connectivity index (χ1) is 23.9. The van der Waals surface area contributed by atoms with Crippen molar-refractivity contribution in [2.45, 2.75) is 33.1 Å². The Labute approximate surface area is 287 Å². The van der Waals surface area contributed by atoms with E-state index in [1.54, 1.807) is 0 Å². The van der Waals surface area contributed by atoms with E-state index in [4.69, 9.17) is 0 Å². The second-order valence-corrected chi connectivity index (χ2v) is 14.0. The molecule has 2 heteroatoms. The second-order valence-electron chi connectivity index (χ2n) is 14.0. The monoisotopic (exact) mass is 630 g/mol. The average molecular weight is 631 g/mol. The van der Waals surface area contributed by atoms with Gasteiger partial charge in [0.1, 0.15) is 0 Å². The number of aromatic nitrogens is 2. The minimum atomic E-state index is -0.0785. The number of benzene rings is 7. The van der Waals surface area contributed by atoms with Gasteiger partial charge in [-0.1, -0.05) is 129 Å². The van der Waals surface area contributed by atoms with Crippen molar-refractivity contribution in [1.29, 1.82) is 0 Å². The molecular formula is C47H38N2. The Kier molecular flexibility index (Phi) is 6.64. The SMILES string of the molecule is Cc1ccc(C(C)(C)c2ccc(-c3cccc(-n4c5ccccc5c5cc6c(cc54)c4ccccc4n6-c4cccc(C)c4)c3)cc2)cc1. The van der Waals surface area contributed by atoms with Gasteiger partial charge < -0.3 is 9.13 Å². The van der Waals surface area contributed by atoms with Crippen molar-refractivity contribution in [3.05, 3.63) is 180 Å². The molecule has 2 heterocycles. The molecule has 0 aliphatic rings. The van der Waals surface area contributed by atoms with Crippen molar-refractivity contribution in [2.24, 2.45) is 0 Å². The van der Waals surface area contributed by atoms with Gasteiger partial charge in [0.05, 0.1) is 22.1 Å². The molecule has 0 spiro atoms. The summed E-state index contributed by atoms with van der Waals surface area (Å²) in [5, 5.41) is 5.04. The molecule has 9 aromatic rings. The van der Waals surface area contributed by atoms with Crippen LogP contribution in [0.5, 0.6) is 0 Å². The molecule has 0 fully saturated rings. The van der Waals surface area contributed by atoms with E-state index in [0.29, 0.717) is 0 Å². The van der Waals surface area contributed by atoms with E-state index in [9.17, 15) is 0 Å². The fourth-order valence-corrected chi connectivity index (χ4v) is 7.79. The molecule has 0 amide bonds. The molecule has 0 N–H and O–H groups in total. The predicted molar refractivity (Wildman–Crippen MR) is 209 cm³/mol. The molecule has 0 bridgehead atoms. The van der Waals surface area contributed by atoms with Gasteiger partial charge >= 0.3 is 0 Å². The predicted octanol–water partition coefficient (Wildman–Crippen LogP) is 12.5. The summed E-state index contributed by atoms with van der Waals surface area (Å²) in [6.07, 6.45) is 0. The lowest BCUT2D eigenvalue weighted by Crippen LogP contribution is -2.18. The van der Waals surface area contributed by atoms with Crippen molar-refractivity contribution in [3.8, 4) is 22.5 Å². The summed E-state index contributed by atoms with van der Waals surface area (Å²) in [6, 6.07) is 58.3. The van der Waals surface area contributed by atoms with Crippen LogP contribution >= 0.6 is 0 Å². The molecule has 0 saturated carbocycles. The Balaban J connectivity index is 1.21. The average Bonchev–Trinajstić information content (AvgIpc) is 3.63. The molecular weight excluding hydrogens is 593 g/mol. The Morgan fingerprint density at radius 3 is 1.45 bits per heavy atom. The molecule has 7 aromatic carbocycles. The van der Waals surface area contributed by atoms with Gasteiger partial charge in [-0.05, 0) is 90.2 Å². The molecule has 0 radical (unpaired) electrons. The molecule has 0 aliphatic heterocycles. The van der Waals surface area contributed by atoms with Gasteiger partial charge in [0.2, 0.25) is 0 Å². The second kappa shape index (κ2) is 11.1. The molecule has 2 aromatic heterocycles. The van der Waals surface area contributed by atoms with Gasteiger partial charge in [-0.2, -0.15) is 0 Å². The fraction of sp³-hybridized carbons (Fsp3) is 0.106. The first-order valence-electron chi connectivity index (χ1n) is 17.2. The minimum absolute atomic E-state index is 0.0785. The maximum absolute atomic E-state index is 2.45. The minimum Gasteiger partial charge on any atom is -0.309 e. The Hall–Kier alpha value is -5.86. The van der Waals surface area contributed by atoms with Crippen LogP contribution in [0.15, 0.2) is 158 Å². The van der Waals surface area contributed by atoms with Crippen LogP contribution in [-0.4, -0.2) is 9.13 Å². The lowest BCUT2D eigenvalue weighted by atomic mass is 9.77. The molecule has 236 valence electrons. The zero-order valence-electron chi connectivity index (χ0n) is 28.4. The largest absolute Gasteiger partial charge is 0.309 e. The van der Waals surface area contributed by atoms with Gasteiger partial charge in [-0.25, -0.2) is 0 Å². The highest BCUT2D eigenvalue weighted by atomic mass is 15.0. The highest BCUT2D eigenvalue weighted by Crippen LogP contribution is 2.40. The van der Waals surface area contributed by atoms with Gasteiger partial charge in [-0.15, -0.1) is 0 Å². The smallest absolute Gasteiger partial charge is 0.0548 e. The third-order valence-corrected chi connectivity index (χ3v) is 10.5. The first kappa shape index (κ1) is 29.3. The van der Waals surface area contributed by atoms with Crippen LogP contribution in [0, 0.1) is 13.8 Å². The number of fused-ring (bicyclic) bond motifs is 6. The highest BCUT2D eigenvalue weighted by molar-refractivity contribution is 6.19. The Bertz CT molecular complexity index is 2680. The van der Waals surface area contributed by atoms with Crippen molar-refractivity contribution in [3.63, 3.8) is 0 Å². The molecule has 9 rings (SSSR count). The number of hydrogen-bond acceptors (Lipinski definition) is 0. The van der Waals surface area contributed by atoms with Crippen LogP contribution in [0.3, 0.4) is 0 Å². The number of rotatable bonds is 5. The molecule has 49 heavy (non-hydrogen) atoms. The van der Waals surface area contributed by atoms with Crippen molar-refractivity contribution >= 4 is 43.6 Å². The summed E-state index contributed by atoms with van der Waals surface area (Å²) >= 11 is 0. The topological polar surface area (TPSA) is 9.86 Å². The third kappa shape index (κ3) is 4.70. The Morgan fingerprint density at radius 2 is 0.878 bits per heavy atom. The molecule has 0 aliphatic carbocycles. The highest BCUT2D eigenvalue weighted by Gasteiger charge is 2.23. The van der Waals surface area contributed by atoms with Gasteiger partial charge in [0.25, 0.3) is 0 Å². The summed E-state index contributed by atoms with van der Waals surface area (Å²) in [5.41, 5.74) is 14.8. The van der Waals surface area contributed by atoms with Crippen LogP contribution in [-0.2, 0) is 5.41 Å².